The molecule has 3 aliphatic rings. The van der Waals surface area contributed by atoms with Crippen LogP contribution in [0.15, 0.2) is 237 Å². The van der Waals surface area contributed by atoms with Crippen LogP contribution in [-0.4, -0.2) is 38.6 Å². The van der Waals surface area contributed by atoms with Gasteiger partial charge in [0, 0.05) is 67.0 Å². The van der Waals surface area contributed by atoms with Crippen LogP contribution in [0, 0.1) is 0 Å². The Morgan fingerprint density at radius 3 is 1.75 bits per heavy atom. The number of hydrogen-bond donors (Lipinski definition) is 0. The fourth-order valence-corrected chi connectivity index (χ4v) is 12.6. The molecule has 0 N–H and O–H groups in total. The van der Waals surface area contributed by atoms with Crippen LogP contribution in [0.5, 0.6) is 0 Å². The van der Waals surface area contributed by atoms with E-state index in [1.807, 2.05) is 54.7 Å². The van der Waals surface area contributed by atoms with E-state index in [2.05, 4.69) is 207 Å². The fourth-order valence-electron chi connectivity index (χ4n) is 12.6. The second kappa shape index (κ2) is 16.8. The Morgan fingerprint density at radius 1 is 0.447 bits per heavy atom. The number of nitrogens with zero attached hydrogens (tertiary/aromatic N) is 9. The lowest BCUT2D eigenvalue weighted by Crippen LogP contribution is -2.27. The highest BCUT2D eigenvalue weighted by Crippen LogP contribution is 2.60. The van der Waals surface area contributed by atoms with Crippen LogP contribution in [0.3, 0.4) is 0 Å². The van der Waals surface area contributed by atoms with Gasteiger partial charge in [-0.2, -0.15) is 9.97 Å². The minimum atomic E-state index is -0.193. The molecule has 0 saturated heterocycles. The molecule has 358 valence electrons. The molecule has 9 nitrogen and oxygen atoms in total. The lowest BCUT2D eigenvalue weighted by atomic mass is 9.85. The molecular weight excluding hydrogens is 931 g/mol. The second-order valence-electron chi connectivity index (χ2n) is 19.9. The van der Waals surface area contributed by atoms with E-state index < -0.39 is 0 Å². The van der Waals surface area contributed by atoms with Gasteiger partial charge in [-0.05, 0) is 42.3 Å². The predicted octanol–water partition coefficient (Wildman–Crippen LogP) is 15.9. The van der Waals surface area contributed by atoms with Crippen LogP contribution in [0.4, 0.5) is 11.4 Å². The van der Waals surface area contributed by atoms with Gasteiger partial charge in [0.1, 0.15) is 0 Å². The summed E-state index contributed by atoms with van der Waals surface area (Å²) in [6.45, 7) is 0. The highest BCUT2D eigenvalue weighted by Gasteiger charge is 2.46. The third-order valence-electron chi connectivity index (χ3n) is 15.8. The van der Waals surface area contributed by atoms with Crippen LogP contribution in [0.1, 0.15) is 41.2 Å². The van der Waals surface area contributed by atoms with Gasteiger partial charge in [-0.25, -0.2) is 15.0 Å². The summed E-state index contributed by atoms with van der Waals surface area (Å²) in [5, 5.41) is 5.82. The van der Waals surface area contributed by atoms with E-state index in [0.717, 1.165) is 84.0 Å². The average Bonchev–Trinajstić information content (AvgIpc) is 4.42. The summed E-state index contributed by atoms with van der Waals surface area (Å²) in [7, 11) is 0. The van der Waals surface area contributed by atoms with Gasteiger partial charge in [-0.3, -0.25) is 9.13 Å². The van der Waals surface area contributed by atoms with Crippen LogP contribution in [0.25, 0.3) is 107 Å². The van der Waals surface area contributed by atoms with Crippen molar-refractivity contribution in [2.75, 3.05) is 4.90 Å². The number of para-hydroxylation sites is 3. The fraction of sp³-hybridized carbons (Fsp3) is 0.0597. The molecule has 2 aliphatic carbocycles. The number of benzene rings is 8. The number of allylic oxidation sites excluding steroid dienone is 4. The van der Waals surface area contributed by atoms with Gasteiger partial charge in [0.05, 0.1) is 56.7 Å². The van der Waals surface area contributed by atoms with Crippen molar-refractivity contribution < 1.29 is 0 Å². The Bertz CT molecular complexity index is 4510. The van der Waals surface area contributed by atoms with Crippen molar-refractivity contribution in [3.05, 3.63) is 254 Å². The van der Waals surface area contributed by atoms with Gasteiger partial charge in [0.2, 0.25) is 11.9 Å². The predicted molar refractivity (Wildman–Crippen MR) is 307 cm³/mol. The largest absolute Gasteiger partial charge is 0.330 e. The molecule has 0 fully saturated rings. The van der Waals surface area contributed by atoms with Crippen molar-refractivity contribution in [1.29, 1.82) is 0 Å². The van der Waals surface area contributed by atoms with E-state index in [1.54, 1.807) is 0 Å². The molecule has 6 heterocycles. The van der Waals surface area contributed by atoms with Crippen LogP contribution in [0.2, 0.25) is 0 Å². The average molecular weight is 976 g/mol. The van der Waals surface area contributed by atoms with Gasteiger partial charge in [-0.15, -0.1) is 0 Å². The van der Waals surface area contributed by atoms with Gasteiger partial charge >= 0.3 is 0 Å². The van der Waals surface area contributed by atoms with E-state index in [4.69, 9.17) is 24.9 Å². The van der Waals surface area contributed by atoms with Crippen molar-refractivity contribution in [1.82, 2.24) is 38.6 Å². The SMILES string of the molecule is C1=CCC(n2c3c4c(ccc3c3ccc5c6ccccc6n(-c6nccc(-c7ccccc7)n6)c5c32)C2C=Cc3c(n(-c5nc(-c6ccccc6)nc(-c6ccccc6)n5)c5ccccc35)C2N4c2ccccc2)C=C1. The number of hydrogen-bond acceptors (Lipinski definition) is 6. The Balaban J connectivity index is 1.00. The van der Waals surface area contributed by atoms with Crippen LogP contribution >= 0.6 is 0 Å². The summed E-state index contributed by atoms with van der Waals surface area (Å²) in [5.41, 5.74) is 15.1. The second-order valence-corrected chi connectivity index (χ2v) is 19.9. The lowest BCUT2D eigenvalue weighted by Gasteiger charge is -2.33. The maximum absolute atomic E-state index is 5.42. The molecule has 3 atom stereocenters. The first-order valence-corrected chi connectivity index (χ1v) is 26.0. The molecule has 3 unspecified atom stereocenters. The van der Waals surface area contributed by atoms with Gasteiger partial charge < -0.3 is 9.47 Å². The zero-order chi connectivity index (χ0) is 49.8. The summed E-state index contributed by atoms with van der Waals surface area (Å²) in [4.78, 5) is 29.0. The molecule has 0 radical (unpaired) electrons. The molecule has 0 saturated carbocycles. The molecule has 76 heavy (non-hydrogen) atoms. The summed E-state index contributed by atoms with van der Waals surface area (Å²) in [6.07, 6.45) is 16.6. The Hall–Kier alpha value is -9.99. The van der Waals surface area contributed by atoms with E-state index in [-0.39, 0.29) is 18.0 Å². The molecule has 0 amide bonds. The number of fused-ring (bicyclic) bond motifs is 15. The first-order chi connectivity index (χ1) is 37.7. The van der Waals surface area contributed by atoms with E-state index >= 15 is 0 Å². The van der Waals surface area contributed by atoms with Gasteiger partial charge in [-0.1, -0.05) is 206 Å². The maximum Gasteiger partial charge on any atom is 0.238 e. The molecule has 5 aromatic heterocycles. The quantitative estimate of drug-likeness (QED) is 0.158. The summed E-state index contributed by atoms with van der Waals surface area (Å²) < 4.78 is 7.29. The molecule has 9 heteroatoms. The topological polar surface area (TPSA) is 82.5 Å². The molecule has 13 aromatic rings. The molecule has 0 bridgehead atoms. The molecule has 1 aliphatic heterocycles. The van der Waals surface area contributed by atoms with Crippen molar-refractivity contribution in [3.8, 4) is 45.9 Å². The standard InChI is InChI=1S/C67H45N9/c1-6-20-42(21-7-1)55-40-41-68-66(69-55)75-56-32-18-16-30-47(56)49-34-36-53-51-38-39-52-54-37-35-50-48-31-17-19-33-57(48)76(67-71-64(43-22-8-2-9-23-43)70-65(72-67)44-24-10-3-11-25-44)63(50)61(54)74(46-28-14-5-15-29-46)59(52)58(51)73(60(53)62(49)75)45-26-12-4-13-27-45/h1-26,28-41,45,54,61H,27H2. The molecule has 16 rings (SSSR count). The Morgan fingerprint density at radius 2 is 1.05 bits per heavy atom. The normalized spacial score (nSPS) is 16.6. The summed E-state index contributed by atoms with van der Waals surface area (Å²) >= 11 is 0. The monoisotopic (exact) mass is 975 g/mol. The number of aromatic nitrogens is 8. The Labute approximate surface area is 437 Å². The third kappa shape index (κ3) is 6.29. The van der Waals surface area contributed by atoms with E-state index in [9.17, 15) is 0 Å². The lowest BCUT2D eigenvalue weighted by molar-refractivity contribution is 0.628. The number of anilines is 2. The third-order valence-corrected chi connectivity index (χ3v) is 15.8. The zero-order valence-electron chi connectivity index (χ0n) is 41.1. The number of rotatable bonds is 7. The van der Waals surface area contributed by atoms with Gasteiger partial charge in [0.25, 0.3) is 0 Å². The highest BCUT2D eigenvalue weighted by atomic mass is 15.3. The smallest absolute Gasteiger partial charge is 0.238 e. The van der Waals surface area contributed by atoms with Crippen molar-refractivity contribution in [2.24, 2.45) is 0 Å². The minimum Gasteiger partial charge on any atom is -0.330 e. The van der Waals surface area contributed by atoms with Gasteiger partial charge in [0.15, 0.2) is 11.6 Å². The van der Waals surface area contributed by atoms with Crippen molar-refractivity contribution in [2.45, 2.75) is 24.4 Å². The molecule has 8 aromatic carbocycles. The summed E-state index contributed by atoms with van der Waals surface area (Å²) in [6, 6.07) is 70.5. The molecular formula is C67H45N9. The first kappa shape index (κ1) is 42.5. The first-order valence-electron chi connectivity index (χ1n) is 26.0. The van der Waals surface area contributed by atoms with E-state index in [1.165, 1.54) is 27.5 Å². The van der Waals surface area contributed by atoms with Crippen LogP contribution in [-0.2, 0) is 0 Å². The summed E-state index contributed by atoms with van der Waals surface area (Å²) in [5.74, 6) is 2.42. The highest BCUT2D eigenvalue weighted by molar-refractivity contribution is 6.25. The Kier molecular flexibility index (Phi) is 9.38. The zero-order valence-corrected chi connectivity index (χ0v) is 41.1. The van der Waals surface area contributed by atoms with Crippen molar-refractivity contribution in [3.63, 3.8) is 0 Å². The maximum atomic E-state index is 5.42. The minimum absolute atomic E-state index is 0.000899. The molecule has 0 spiro atoms. The van der Waals surface area contributed by atoms with Crippen LogP contribution < -0.4 is 4.90 Å². The van der Waals surface area contributed by atoms with E-state index in [0.29, 0.717) is 23.5 Å². The van der Waals surface area contributed by atoms with Crippen molar-refractivity contribution >= 4 is 72.0 Å².